The Bertz CT molecular complexity index is 341. The average Bonchev–Trinajstić information content (AvgIpc) is 2.31. The van der Waals surface area contributed by atoms with E-state index in [4.69, 9.17) is 18.0 Å². The van der Waals surface area contributed by atoms with Crippen LogP contribution in [-0.4, -0.2) is 22.3 Å². The molecule has 0 aliphatic rings. The highest BCUT2D eigenvalue weighted by atomic mass is 32.1. The van der Waals surface area contributed by atoms with Gasteiger partial charge in [-0.1, -0.05) is 42.5 Å². The van der Waals surface area contributed by atoms with Crippen molar-refractivity contribution in [1.29, 1.82) is 0 Å². The molecule has 1 aromatic carbocycles. The molecule has 2 N–H and O–H groups in total. The van der Waals surface area contributed by atoms with Crippen LogP contribution in [0, 0.1) is 0 Å². The van der Waals surface area contributed by atoms with Gasteiger partial charge in [-0.3, -0.25) is 0 Å². The molecule has 0 heterocycles. The Morgan fingerprint density at radius 1 is 1.22 bits per heavy atom. The summed E-state index contributed by atoms with van der Waals surface area (Å²) in [5.74, 6) is 0. The fraction of sp³-hybridized carbons (Fsp3) is 0.500. The molecule has 2 nitrogen and oxygen atoms in total. The van der Waals surface area contributed by atoms with Gasteiger partial charge in [-0.25, -0.2) is 0 Å². The van der Waals surface area contributed by atoms with Crippen molar-refractivity contribution in [3.05, 3.63) is 35.9 Å². The van der Waals surface area contributed by atoms with Gasteiger partial charge in [0.25, 0.3) is 0 Å². The lowest BCUT2D eigenvalue weighted by atomic mass is 9.96. The van der Waals surface area contributed by atoms with Crippen molar-refractivity contribution in [3.63, 3.8) is 0 Å². The van der Waals surface area contributed by atoms with Crippen molar-refractivity contribution >= 4 is 29.2 Å². The molecule has 1 aromatic rings. The van der Waals surface area contributed by atoms with Crippen molar-refractivity contribution in [2.45, 2.75) is 33.2 Å². The number of thiocarbonyl (C=S) groups is 1. The lowest BCUT2D eigenvalue weighted by Gasteiger charge is -2.18. The molecular weight excluding hydrogens is 260 g/mol. The molecule has 4 heteroatoms. The van der Waals surface area contributed by atoms with Crippen LogP contribution in [0.2, 0.25) is 0 Å². The number of thiol groups is 1. The summed E-state index contributed by atoms with van der Waals surface area (Å²) < 4.78 is 0.690. The van der Waals surface area contributed by atoms with E-state index >= 15 is 0 Å². The van der Waals surface area contributed by atoms with Gasteiger partial charge in [0.2, 0.25) is 0 Å². The molecule has 0 aromatic heterocycles. The standard InChI is InChI=1S/C9H13N.C5H11NS2/c1-9(2,10)8-6-4-3-5-7-8;1-3-6(4-2)5(7)8/h3-7H,10H2,1-2H3;3-4H2,1-2H3,(H,7,8). The van der Waals surface area contributed by atoms with E-state index < -0.39 is 0 Å². The highest BCUT2D eigenvalue weighted by Crippen LogP contribution is 2.14. The lowest BCUT2D eigenvalue weighted by Crippen LogP contribution is -2.28. The highest BCUT2D eigenvalue weighted by Gasteiger charge is 2.11. The van der Waals surface area contributed by atoms with Crippen LogP contribution in [0.1, 0.15) is 33.3 Å². The Balaban J connectivity index is 0.000000331. The van der Waals surface area contributed by atoms with Crippen molar-refractivity contribution < 1.29 is 0 Å². The normalized spacial score (nSPS) is 10.3. The minimum absolute atomic E-state index is 0.207. The van der Waals surface area contributed by atoms with Crippen LogP contribution in [-0.2, 0) is 5.54 Å². The molecule has 0 aliphatic carbocycles. The average molecular weight is 284 g/mol. The predicted molar refractivity (Wildman–Crippen MR) is 88.2 cm³/mol. The van der Waals surface area contributed by atoms with Crippen LogP contribution in [0.4, 0.5) is 0 Å². The number of rotatable bonds is 3. The summed E-state index contributed by atoms with van der Waals surface area (Å²) in [4.78, 5) is 2.01. The number of nitrogens with zero attached hydrogens (tertiary/aromatic N) is 1. The zero-order valence-corrected chi connectivity index (χ0v) is 13.4. The van der Waals surface area contributed by atoms with Crippen molar-refractivity contribution in [2.24, 2.45) is 5.73 Å². The second kappa shape index (κ2) is 8.51. The molecule has 0 atom stereocenters. The first-order valence-corrected chi connectivity index (χ1v) is 7.00. The first kappa shape index (κ1) is 17.4. The first-order valence-electron chi connectivity index (χ1n) is 6.15. The van der Waals surface area contributed by atoms with Crippen molar-refractivity contribution in [3.8, 4) is 0 Å². The van der Waals surface area contributed by atoms with Crippen LogP contribution in [0.25, 0.3) is 0 Å². The molecule has 102 valence electrons. The molecule has 0 bridgehead atoms. The minimum atomic E-state index is -0.207. The van der Waals surface area contributed by atoms with Crippen LogP contribution in [0.5, 0.6) is 0 Å². The van der Waals surface area contributed by atoms with Gasteiger partial charge >= 0.3 is 0 Å². The van der Waals surface area contributed by atoms with Crippen molar-refractivity contribution in [1.82, 2.24) is 4.90 Å². The summed E-state index contributed by atoms with van der Waals surface area (Å²) in [6.45, 7) is 10.0. The molecule has 0 saturated heterocycles. The minimum Gasteiger partial charge on any atom is -0.358 e. The van der Waals surface area contributed by atoms with Crippen LogP contribution in [0.15, 0.2) is 30.3 Å². The Morgan fingerprint density at radius 2 is 1.67 bits per heavy atom. The highest BCUT2D eigenvalue weighted by molar-refractivity contribution is 8.10. The Labute approximate surface area is 122 Å². The maximum absolute atomic E-state index is 5.86. The van der Waals surface area contributed by atoms with Gasteiger partial charge in [0.15, 0.2) is 0 Å². The summed E-state index contributed by atoms with van der Waals surface area (Å²) in [7, 11) is 0. The van der Waals surface area contributed by atoms with Gasteiger partial charge in [0.05, 0.1) is 0 Å². The molecule has 0 spiro atoms. The third-order valence-electron chi connectivity index (χ3n) is 2.55. The van der Waals surface area contributed by atoms with Crippen LogP contribution < -0.4 is 5.73 Å². The molecule has 0 saturated carbocycles. The molecule has 0 aliphatic heterocycles. The fourth-order valence-corrected chi connectivity index (χ4v) is 1.90. The number of hydrogen-bond acceptors (Lipinski definition) is 2. The maximum Gasteiger partial charge on any atom is 0.133 e. The summed E-state index contributed by atoms with van der Waals surface area (Å²) in [6.07, 6.45) is 0. The monoisotopic (exact) mass is 284 g/mol. The van der Waals surface area contributed by atoms with E-state index in [2.05, 4.69) is 26.5 Å². The van der Waals surface area contributed by atoms with Crippen LogP contribution in [0.3, 0.4) is 0 Å². The third kappa shape index (κ3) is 6.99. The third-order valence-corrected chi connectivity index (χ3v) is 3.09. The van der Waals surface area contributed by atoms with E-state index in [1.54, 1.807) is 0 Å². The van der Waals surface area contributed by atoms with E-state index in [1.165, 1.54) is 5.56 Å². The summed E-state index contributed by atoms with van der Waals surface area (Å²) >= 11 is 8.82. The Hall–Kier alpha value is -0.580. The van der Waals surface area contributed by atoms with Gasteiger partial charge < -0.3 is 10.6 Å². The molecule has 18 heavy (non-hydrogen) atoms. The SMILES string of the molecule is CC(C)(N)c1ccccc1.CCN(CC)C(=S)S. The van der Waals surface area contributed by atoms with Gasteiger partial charge in [0.1, 0.15) is 4.32 Å². The lowest BCUT2D eigenvalue weighted by molar-refractivity contribution is 0.482. The second-order valence-electron chi connectivity index (χ2n) is 4.54. The molecule has 0 radical (unpaired) electrons. The quantitative estimate of drug-likeness (QED) is 0.658. The number of nitrogens with two attached hydrogens (primary N) is 1. The van der Waals surface area contributed by atoms with E-state index in [1.807, 2.05) is 49.1 Å². The molecule has 0 unspecified atom stereocenters. The van der Waals surface area contributed by atoms with Gasteiger partial charge in [-0.05, 0) is 33.3 Å². The molecular formula is C14H24N2S2. The van der Waals surface area contributed by atoms with E-state index in [-0.39, 0.29) is 5.54 Å². The molecule has 0 amide bonds. The van der Waals surface area contributed by atoms with Crippen LogP contribution >= 0.6 is 24.8 Å². The zero-order valence-electron chi connectivity index (χ0n) is 11.7. The topological polar surface area (TPSA) is 29.3 Å². The van der Waals surface area contributed by atoms with E-state index in [9.17, 15) is 0 Å². The summed E-state index contributed by atoms with van der Waals surface area (Å²) in [6, 6.07) is 10.1. The number of benzene rings is 1. The zero-order chi connectivity index (χ0) is 14.2. The second-order valence-corrected chi connectivity index (χ2v) is 5.66. The largest absolute Gasteiger partial charge is 0.358 e. The summed E-state index contributed by atoms with van der Waals surface area (Å²) in [5.41, 5.74) is 6.83. The fourth-order valence-electron chi connectivity index (χ4n) is 1.36. The molecule has 0 fully saturated rings. The molecule has 1 rings (SSSR count). The predicted octanol–water partition coefficient (Wildman–Crippen LogP) is 3.42. The van der Waals surface area contributed by atoms with Gasteiger partial charge in [-0.2, -0.15) is 0 Å². The Kier molecular flexibility index (Phi) is 8.24. The summed E-state index contributed by atoms with van der Waals surface area (Å²) in [5, 5.41) is 0. The van der Waals surface area contributed by atoms with E-state index in [0.717, 1.165) is 13.1 Å². The van der Waals surface area contributed by atoms with Crippen molar-refractivity contribution in [2.75, 3.05) is 13.1 Å². The first-order chi connectivity index (χ1) is 8.32. The van der Waals surface area contributed by atoms with Gasteiger partial charge in [-0.15, -0.1) is 12.6 Å². The number of hydrogen-bond donors (Lipinski definition) is 2. The van der Waals surface area contributed by atoms with E-state index in [0.29, 0.717) is 4.32 Å². The maximum atomic E-state index is 5.86. The smallest absolute Gasteiger partial charge is 0.133 e. The Morgan fingerprint density at radius 3 is 1.83 bits per heavy atom. The van der Waals surface area contributed by atoms with Gasteiger partial charge in [0, 0.05) is 18.6 Å².